The first-order chi connectivity index (χ1) is 8.24. The molecule has 0 saturated heterocycles. The molecule has 0 aliphatic carbocycles. The molecule has 0 spiro atoms. The molecule has 0 atom stereocenters. The molecule has 0 unspecified atom stereocenters. The first kappa shape index (κ1) is 11.7. The number of rotatable bonds is 2. The van der Waals surface area contributed by atoms with Gasteiger partial charge in [-0.15, -0.1) is 0 Å². The van der Waals surface area contributed by atoms with Gasteiger partial charge in [0.25, 0.3) is 0 Å². The Balaban J connectivity index is 2.30. The van der Waals surface area contributed by atoms with Gasteiger partial charge in [0.05, 0.1) is 7.11 Å². The third-order valence-electron chi connectivity index (χ3n) is 2.37. The number of nitrogens with zero attached hydrogens (tertiary/aromatic N) is 3. The highest BCUT2D eigenvalue weighted by Crippen LogP contribution is 2.23. The number of ether oxygens (including phenoxy) is 1. The van der Waals surface area contributed by atoms with Crippen LogP contribution in [0.1, 0.15) is 0 Å². The molecule has 0 fully saturated rings. The minimum absolute atomic E-state index is 0.384. The van der Waals surface area contributed by atoms with E-state index in [2.05, 4.69) is 20.9 Å². The molecule has 0 aromatic heterocycles. The highest BCUT2D eigenvalue weighted by Gasteiger charge is 2.17. The summed E-state index contributed by atoms with van der Waals surface area (Å²) in [6.45, 7) is 0.393. The zero-order valence-electron chi connectivity index (χ0n) is 9.22. The van der Waals surface area contributed by atoms with Gasteiger partial charge in [-0.2, -0.15) is 5.26 Å². The molecule has 0 N–H and O–H groups in total. The first-order valence-corrected chi connectivity index (χ1v) is 5.77. The molecular weight excluding hydrogens is 282 g/mol. The summed E-state index contributed by atoms with van der Waals surface area (Å²) in [6.07, 6.45) is 1.63. The molecule has 1 aliphatic heterocycles. The van der Waals surface area contributed by atoms with Crippen LogP contribution in [0.4, 0.5) is 5.69 Å². The van der Waals surface area contributed by atoms with Crippen LogP contribution in [-0.2, 0) is 4.74 Å². The van der Waals surface area contributed by atoms with Crippen molar-refractivity contribution in [1.82, 2.24) is 0 Å². The Labute approximate surface area is 108 Å². The van der Waals surface area contributed by atoms with Crippen molar-refractivity contribution >= 4 is 27.3 Å². The van der Waals surface area contributed by atoms with Crippen LogP contribution < -0.4 is 4.90 Å². The predicted molar refractivity (Wildman–Crippen MR) is 69.6 cm³/mol. The number of anilines is 1. The lowest BCUT2D eigenvalue weighted by atomic mass is 10.2. The number of aliphatic imine (C=N–C) groups is 1. The van der Waals surface area contributed by atoms with Crippen LogP contribution >= 0.6 is 15.9 Å². The monoisotopic (exact) mass is 291 g/mol. The van der Waals surface area contributed by atoms with Gasteiger partial charge in [0.1, 0.15) is 18.4 Å². The van der Waals surface area contributed by atoms with Gasteiger partial charge in [0.2, 0.25) is 0 Å². The van der Waals surface area contributed by atoms with E-state index in [9.17, 15) is 0 Å². The highest BCUT2D eigenvalue weighted by atomic mass is 79.9. The van der Waals surface area contributed by atoms with Gasteiger partial charge in [0, 0.05) is 16.2 Å². The molecule has 2 rings (SSSR count). The molecule has 1 aromatic carbocycles. The fraction of sp³-hybridized carbons (Fsp3) is 0.167. The van der Waals surface area contributed by atoms with E-state index in [0.29, 0.717) is 18.3 Å². The molecule has 1 heterocycles. The Morgan fingerprint density at radius 1 is 1.41 bits per heavy atom. The molecule has 1 aromatic rings. The van der Waals surface area contributed by atoms with E-state index in [-0.39, 0.29) is 0 Å². The zero-order valence-corrected chi connectivity index (χ0v) is 10.8. The van der Waals surface area contributed by atoms with Crippen LogP contribution in [0.25, 0.3) is 0 Å². The maximum atomic E-state index is 8.79. The standard InChI is InChI=1S/C12H10BrN3O/c1-17-12-6-10(7-14)15-8-16(12)11-4-2-9(13)3-5-11/h2-6H,8H2,1H3. The summed E-state index contributed by atoms with van der Waals surface area (Å²) in [6, 6.07) is 9.83. The SMILES string of the molecule is COC1=CC(C#N)=NCN1c1ccc(Br)cc1. The lowest BCUT2D eigenvalue weighted by molar-refractivity contribution is 0.278. The minimum Gasteiger partial charge on any atom is -0.482 e. The average molecular weight is 292 g/mol. The van der Waals surface area contributed by atoms with Crippen LogP contribution in [0.15, 0.2) is 45.7 Å². The number of allylic oxidation sites excluding steroid dienone is 1. The topological polar surface area (TPSA) is 48.6 Å². The summed E-state index contributed by atoms with van der Waals surface area (Å²) in [7, 11) is 1.58. The smallest absolute Gasteiger partial charge is 0.198 e. The van der Waals surface area contributed by atoms with Crippen molar-refractivity contribution in [2.24, 2.45) is 4.99 Å². The summed E-state index contributed by atoms with van der Waals surface area (Å²) in [5, 5.41) is 8.79. The lowest BCUT2D eigenvalue weighted by Crippen LogP contribution is -2.28. The van der Waals surface area contributed by atoms with E-state index in [1.54, 1.807) is 13.2 Å². The largest absolute Gasteiger partial charge is 0.482 e. The number of halogens is 1. The molecule has 5 heteroatoms. The van der Waals surface area contributed by atoms with E-state index >= 15 is 0 Å². The quantitative estimate of drug-likeness (QED) is 0.842. The second-order valence-electron chi connectivity index (χ2n) is 3.39. The number of methoxy groups -OCH3 is 1. The van der Waals surface area contributed by atoms with Gasteiger partial charge in [-0.1, -0.05) is 15.9 Å². The molecule has 1 aliphatic rings. The second-order valence-corrected chi connectivity index (χ2v) is 4.30. The fourth-order valence-electron chi connectivity index (χ4n) is 1.52. The van der Waals surface area contributed by atoms with Gasteiger partial charge in [0.15, 0.2) is 5.88 Å². The normalized spacial score (nSPS) is 14.8. The van der Waals surface area contributed by atoms with E-state index in [1.807, 2.05) is 35.2 Å². The lowest BCUT2D eigenvalue weighted by Gasteiger charge is -2.26. The van der Waals surface area contributed by atoms with Crippen LogP contribution in [0, 0.1) is 11.3 Å². The van der Waals surface area contributed by atoms with Crippen molar-refractivity contribution in [2.75, 3.05) is 18.7 Å². The molecule has 4 nitrogen and oxygen atoms in total. The third-order valence-corrected chi connectivity index (χ3v) is 2.90. The summed E-state index contributed by atoms with van der Waals surface area (Å²) in [4.78, 5) is 6.04. The third kappa shape index (κ3) is 2.48. The van der Waals surface area contributed by atoms with Crippen LogP contribution in [-0.4, -0.2) is 19.5 Å². The molecule has 0 radical (unpaired) electrons. The molecular formula is C12H10BrN3O. The Hall–Kier alpha value is -1.80. The second kappa shape index (κ2) is 5.02. The minimum atomic E-state index is 0.384. The summed E-state index contributed by atoms with van der Waals surface area (Å²) >= 11 is 3.39. The van der Waals surface area contributed by atoms with E-state index in [4.69, 9.17) is 10.00 Å². The molecule has 17 heavy (non-hydrogen) atoms. The summed E-state index contributed by atoms with van der Waals surface area (Å²) in [5.41, 5.74) is 1.36. The molecule has 0 bridgehead atoms. The molecule has 0 saturated carbocycles. The molecule has 86 valence electrons. The van der Waals surface area contributed by atoms with Crippen molar-refractivity contribution < 1.29 is 4.74 Å². The zero-order chi connectivity index (χ0) is 12.3. The Morgan fingerprint density at radius 3 is 2.71 bits per heavy atom. The van der Waals surface area contributed by atoms with Crippen LogP contribution in [0.3, 0.4) is 0 Å². The maximum Gasteiger partial charge on any atom is 0.198 e. The number of nitriles is 1. The van der Waals surface area contributed by atoms with Crippen molar-refractivity contribution in [2.45, 2.75) is 0 Å². The van der Waals surface area contributed by atoms with Crippen molar-refractivity contribution in [3.63, 3.8) is 0 Å². The average Bonchev–Trinajstić information content (AvgIpc) is 2.39. The van der Waals surface area contributed by atoms with E-state index in [1.165, 1.54) is 0 Å². The first-order valence-electron chi connectivity index (χ1n) is 4.98. The van der Waals surface area contributed by atoms with Crippen molar-refractivity contribution in [3.05, 3.63) is 40.7 Å². The number of benzene rings is 1. The number of hydrogen-bond donors (Lipinski definition) is 0. The number of hydrogen-bond acceptors (Lipinski definition) is 4. The van der Waals surface area contributed by atoms with E-state index in [0.717, 1.165) is 10.2 Å². The molecule has 0 amide bonds. The van der Waals surface area contributed by atoms with Crippen molar-refractivity contribution in [3.8, 4) is 6.07 Å². The van der Waals surface area contributed by atoms with E-state index < -0.39 is 0 Å². The van der Waals surface area contributed by atoms with Crippen LogP contribution in [0.2, 0.25) is 0 Å². The van der Waals surface area contributed by atoms with Gasteiger partial charge in [-0.3, -0.25) is 9.89 Å². The van der Waals surface area contributed by atoms with Gasteiger partial charge >= 0.3 is 0 Å². The van der Waals surface area contributed by atoms with Crippen LogP contribution in [0.5, 0.6) is 0 Å². The van der Waals surface area contributed by atoms with Gasteiger partial charge < -0.3 is 4.74 Å². The fourth-order valence-corrected chi connectivity index (χ4v) is 1.79. The highest BCUT2D eigenvalue weighted by molar-refractivity contribution is 9.10. The van der Waals surface area contributed by atoms with Crippen molar-refractivity contribution in [1.29, 1.82) is 5.26 Å². The summed E-state index contributed by atoms with van der Waals surface area (Å²) < 4.78 is 6.28. The maximum absolute atomic E-state index is 8.79. The van der Waals surface area contributed by atoms with Gasteiger partial charge in [-0.25, -0.2) is 0 Å². The van der Waals surface area contributed by atoms with Gasteiger partial charge in [-0.05, 0) is 24.3 Å². The Kier molecular flexibility index (Phi) is 3.45. The Morgan fingerprint density at radius 2 is 2.12 bits per heavy atom. The summed E-state index contributed by atoms with van der Waals surface area (Å²) in [5.74, 6) is 0.624. The Bertz CT molecular complexity index is 514. The predicted octanol–water partition coefficient (Wildman–Crippen LogP) is 2.68.